The van der Waals surface area contributed by atoms with Crippen molar-refractivity contribution in [1.29, 1.82) is 0 Å². The SMILES string of the molecule is [C]#CCCC(C)(O)CO. The number of aliphatic hydroxyl groups is 2. The average molecular weight is 127 g/mol. The van der Waals surface area contributed by atoms with Gasteiger partial charge in [0.15, 0.2) is 0 Å². The highest BCUT2D eigenvalue weighted by Gasteiger charge is 2.16. The van der Waals surface area contributed by atoms with Crippen molar-refractivity contribution in [2.75, 3.05) is 6.61 Å². The molecule has 2 N–H and O–H groups in total. The first-order chi connectivity index (χ1) is 4.12. The third-order valence-corrected chi connectivity index (χ3v) is 1.13. The van der Waals surface area contributed by atoms with E-state index in [0.29, 0.717) is 12.8 Å². The quantitative estimate of drug-likeness (QED) is 0.528. The van der Waals surface area contributed by atoms with Crippen LogP contribution in [-0.4, -0.2) is 22.4 Å². The van der Waals surface area contributed by atoms with Gasteiger partial charge in [0.05, 0.1) is 12.2 Å². The van der Waals surface area contributed by atoms with Gasteiger partial charge in [0.25, 0.3) is 0 Å². The van der Waals surface area contributed by atoms with E-state index in [9.17, 15) is 0 Å². The molecule has 0 fully saturated rings. The van der Waals surface area contributed by atoms with Crippen molar-refractivity contribution in [1.82, 2.24) is 0 Å². The Kier molecular flexibility index (Phi) is 3.29. The summed E-state index contributed by atoms with van der Waals surface area (Å²) in [6, 6.07) is 0. The molecule has 9 heavy (non-hydrogen) atoms. The van der Waals surface area contributed by atoms with Crippen LogP contribution >= 0.6 is 0 Å². The second-order valence-electron chi connectivity index (χ2n) is 2.33. The van der Waals surface area contributed by atoms with Gasteiger partial charge in [0, 0.05) is 6.42 Å². The van der Waals surface area contributed by atoms with Gasteiger partial charge >= 0.3 is 0 Å². The van der Waals surface area contributed by atoms with E-state index in [2.05, 4.69) is 5.92 Å². The second kappa shape index (κ2) is 3.49. The highest BCUT2D eigenvalue weighted by Crippen LogP contribution is 2.09. The minimum Gasteiger partial charge on any atom is -0.393 e. The van der Waals surface area contributed by atoms with E-state index in [-0.39, 0.29) is 6.61 Å². The van der Waals surface area contributed by atoms with Gasteiger partial charge in [-0.2, -0.15) is 0 Å². The fourth-order valence-corrected chi connectivity index (χ4v) is 0.411. The molecule has 0 aromatic heterocycles. The molecule has 0 heterocycles. The third kappa shape index (κ3) is 4.01. The molecule has 1 radical (unpaired) electrons. The molecular weight excluding hydrogens is 116 g/mol. The molecule has 0 aliphatic heterocycles. The van der Waals surface area contributed by atoms with Gasteiger partial charge in [-0.1, -0.05) is 5.92 Å². The lowest BCUT2D eigenvalue weighted by atomic mass is 10.0. The summed E-state index contributed by atoms with van der Waals surface area (Å²) in [5.41, 5.74) is -1.03. The third-order valence-electron chi connectivity index (χ3n) is 1.13. The van der Waals surface area contributed by atoms with Crippen LogP contribution in [0.15, 0.2) is 0 Å². The molecule has 0 aromatic rings. The molecule has 0 aliphatic rings. The summed E-state index contributed by atoms with van der Waals surface area (Å²) in [5.74, 6) is 2.14. The van der Waals surface area contributed by atoms with Crippen molar-refractivity contribution in [2.45, 2.75) is 25.4 Å². The first-order valence-electron chi connectivity index (χ1n) is 2.85. The van der Waals surface area contributed by atoms with Crippen LogP contribution in [0.1, 0.15) is 19.8 Å². The number of hydrogen-bond acceptors (Lipinski definition) is 2. The lowest BCUT2D eigenvalue weighted by Gasteiger charge is -2.17. The van der Waals surface area contributed by atoms with Crippen molar-refractivity contribution < 1.29 is 10.2 Å². The minimum absolute atomic E-state index is 0.255. The molecule has 0 rings (SSSR count). The molecule has 1 atom stereocenters. The van der Waals surface area contributed by atoms with Gasteiger partial charge in [0.1, 0.15) is 0 Å². The van der Waals surface area contributed by atoms with Crippen molar-refractivity contribution >= 4 is 0 Å². The summed E-state index contributed by atoms with van der Waals surface area (Å²) in [6.45, 7) is 1.28. The standard InChI is InChI=1S/C7H11O2/c1-3-4-5-7(2,9)6-8/h8-9H,4-6H2,2H3. The van der Waals surface area contributed by atoms with E-state index in [0.717, 1.165) is 0 Å². The van der Waals surface area contributed by atoms with Crippen LogP contribution in [0.25, 0.3) is 0 Å². The van der Waals surface area contributed by atoms with Gasteiger partial charge in [-0.25, -0.2) is 0 Å². The predicted molar refractivity (Wildman–Crippen MR) is 34.1 cm³/mol. The van der Waals surface area contributed by atoms with Crippen LogP contribution in [0.5, 0.6) is 0 Å². The molecule has 0 spiro atoms. The molecule has 2 heteroatoms. The summed E-state index contributed by atoms with van der Waals surface area (Å²) >= 11 is 0. The lowest BCUT2D eigenvalue weighted by Crippen LogP contribution is -2.28. The maximum atomic E-state index is 9.08. The fraction of sp³-hybridized carbons (Fsp3) is 0.714. The van der Waals surface area contributed by atoms with Gasteiger partial charge < -0.3 is 10.2 Å². The van der Waals surface area contributed by atoms with Crippen molar-refractivity contribution in [2.24, 2.45) is 0 Å². The van der Waals surface area contributed by atoms with Gasteiger partial charge in [-0.3, -0.25) is 0 Å². The highest BCUT2D eigenvalue weighted by atomic mass is 16.3. The van der Waals surface area contributed by atoms with E-state index in [1.807, 2.05) is 0 Å². The Hall–Kier alpha value is -0.520. The predicted octanol–water partition coefficient (Wildman–Crippen LogP) is 0.0997. The Bertz CT molecular complexity index is 111. The maximum absolute atomic E-state index is 9.08. The molecule has 0 saturated carbocycles. The Morgan fingerprint density at radius 2 is 2.22 bits per heavy atom. The topological polar surface area (TPSA) is 40.5 Å². The largest absolute Gasteiger partial charge is 0.393 e. The zero-order valence-corrected chi connectivity index (χ0v) is 5.52. The monoisotopic (exact) mass is 127 g/mol. The zero-order valence-electron chi connectivity index (χ0n) is 5.52. The maximum Gasteiger partial charge on any atom is 0.0858 e. The first kappa shape index (κ1) is 8.48. The average Bonchev–Trinajstić information content (AvgIpc) is 1.84. The summed E-state index contributed by atoms with van der Waals surface area (Å²) < 4.78 is 0. The second-order valence-corrected chi connectivity index (χ2v) is 2.33. The number of rotatable bonds is 3. The Morgan fingerprint density at radius 3 is 2.56 bits per heavy atom. The molecule has 0 aromatic carbocycles. The summed E-state index contributed by atoms with van der Waals surface area (Å²) in [6.07, 6.45) is 7.31. The number of hydrogen-bond donors (Lipinski definition) is 2. The van der Waals surface area contributed by atoms with Crippen LogP contribution < -0.4 is 0 Å². The molecule has 0 aliphatic carbocycles. The van der Waals surface area contributed by atoms with E-state index in [1.165, 1.54) is 6.92 Å². The van der Waals surface area contributed by atoms with Crippen molar-refractivity contribution in [3.63, 3.8) is 0 Å². The van der Waals surface area contributed by atoms with Crippen LogP contribution in [0.3, 0.4) is 0 Å². The van der Waals surface area contributed by atoms with Gasteiger partial charge in [-0.05, 0) is 19.8 Å². The zero-order chi connectivity index (χ0) is 7.33. The van der Waals surface area contributed by atoms with Crippen LogP contribution in [0, 0.1) is 12.3 Å². The molecule has 1 unspecified atom stereocenters. The molecule has 2 nitrogen and oxygen atoms in total. The normalized spacial score (nSPS) is 16.2. The van der Waals surface area contributed by atoms with Crippen molar-refractivity contribution in [3.05, 3.63) is 6.42 Å². The summed E-state index contributed by atoms with van der Waals surface area (Å²) in [7, 11) is 0. The minimum atomic E-state index is -1.03. The Morgan fingerprint density at radius 1 is 1.67 bits per heavy atom. The Labute approximate surface area is 55.5 Å². The van der Waals surface area contributed by atoms with Crippen LogP contribution in [0.2, 0.25) is 0 Å². The molecule has 51 valence electrons. The summed E-state index contributed by atoms with van der Waals surface area (Å²) in [4.78, 5) is 0. The van der Waals surface area contributed by atoms with E-state index < -0.39 is 5.60 Å². The number of aliphatic hydroxyl groups excluding tert-OH is 1. The molecular formula is C7H11O2. The van der Waals surface area contributed by atoms with E-state index >= 15 is 0 Å². The van der Waals surface area contributed by atoms with E-state index in [1.54, 1.807) is 0 Å². The van der Waals surface area contributed by atoms with Gasteiger partial charge in [-0.15, -0.1) is 0 Å². The van der Waals surface area contributed by atoms with Crippen molar-refractivity contribution in [3.8, 4) is 5.92 Å². The van der Waals surface area contributed by atoms with E-state index in [4.69, 9.17) is 16.6 Å². The summed E-state index contributed by atoms with van der Waals surface area (Å²) in [5, 5.41) is 17.6. The fourth-order valence-electron chi connectivity index (χ4n) is 0.411. The molecule has 0 saturated heterocycles. The Balaban J connectivity index is 3.48. The highest BCUT2D eigenvalue weighted by molar-refractivity contribution is 4.81. The molecule has 0 amide bonds. The first-order valence-corrected chi connectivity index (χ1v) is 2.85. The molecule has 0 bridgehead atoms. The lowest BCUT2D eigenvalue weighted by molar-refractivity contribution is -0.00381. The van der Waals surface area contributed by atoms with Crippen LogP contribution in [0.4, 0.5) is 0 Å². The smallest absolute Gasteiger partial charge is 0.0858 e. The van der Waals surface area contributed by atoms with Gasteiger partial charge in [0.2, 0.25) is 0 Å². The van der Waals surface area contributed by atoms with Crippen LogP contribution in [-0.2, 0) is 0 Å².